The van der Waals surface area contributed by atoms with Gasteiger partial charge < -0.3 is 4.42 Å². The number of furan rings is 1. The zero-order valence-electron chi connectivity index (χ0n) is 54.4. The molecule has 228 valence electrons. The minimum absolute atomic E-state index is 0.562. The lowest BCUT2D eigenvalue weighted by molar-refractivity contribution is 0.669. The van der Waals surface area contributed by atoms with Crippen molar-refractivity contribution in [3.63, 3.8) is 0 Å². The summed E-state index contributed by atoms with van der Waals surface area (Å²) < 4.78 is 275. The van der Waals surface area contributed by atoms with Crippen molar-refractivity contribution in [2.45, 2.75) is 0 Å². The molecule has 0 aliphatic heterocycles. The number of hydrogen-bond donors (Lipinski definition) is 0. The standard InChI is InChI=1S/C48H30O/c1-2-11-31(12-3-1)35-25-27-39-44-29-36(26-28-45(44)49-46(39)30-35)48-42-18-8-6-16-40(42)47(41-17-7-9-19-43(41)48)34-23-21-33(22-24-34)38-20-10-14-32-13-4-5-15-37(32)38/h1-30H/i1D,2D,3D,4D,5D,6D,7D,8D,9D,10D,11D,12D,13D,14D,15D,16D,17D,18D,19D,20D,21D,22D,23D,24D,25D,26D,27D,28D,29D,30D. The molecular formula is C48H30O. The lowest BCUT2D eigenvalue weighted by atomic mass is 9.85. The first-order chi connectivity index (χ1) is 36.8. The van der Waals surface area contributed by atoms with Crippen molar-refractivity contribution >= 4 is 54.3 Å². The van der Waals surface area contributed by atoms with Gasteiger partial charge in [-0.1, -0.05) is 157 Å². The lowest BCUT2D eigenvalue weighted by Crippen LogP contribution is -1.91. The molecule has 0 atom stereocenters. The van der Waals surface area contributed by atoms with E-state index < -0.39 is 280 Å². The van der Waals surface area contributed by atoms with Gasteiger partial charge in [0.25, 0.3) is 0 Å². The first kappa shape index (κ1) is 11.1. The summed E-state index contributed by atoms with van der Waals surface area (Å²) in [7, 11) is 0. The van der Waals surface area contributed by atoms with Gasteiger partial charge in [-0.2, -0.15) is 0 Å². The predicted molar refractivity (Wildman–Crippen MR) is 208 cm³/mol. The summed E-state index contributed by atoms with van der Waals surface area (Å²) in [6, 6.07) is -28.5. The number of rotatable bonds is 4. The molecule has 0 fully saturated rings. The zero-order valence-corrected chi connectivity index (χ0v) is 24.4. The van der Waals surface area contributed by atoms with Crippen molar-refractivity contribution in [1.29, 1.82) is 0 Å². The zero-order chi connectivity index (χ0) is 58.4. The normalized spacial score (nSPS) is 20.2. The fourth-order valence-electron chi connectivity index (χ4n) is 5.70. The highest BCUT2D eigenvalue weighted by molar-refractivity contribution is 6.22. The largest absolute Gasteiger partial charge is 0.456 e. The maximum atomic E-state index is 9.83. The van der Waals surface area contributed by atoms with Crippen LogP contribution in [0.25, 0.3) is 98.8 Å². The summed E-state index contributed by atoms with van der Waals surface area (Å²) in [5, 5.41) is -5.48. The lowest BCUT2D eigenvalue weighted by Gasteiger charge is -2.18. The molecule has 0 unspecified atom stereocenters. The Balaban J connectivity index is 1.41. The first-order valence-electron chi connectivity index (χ1n) is 29.4. The third-order valence-electron chi connectivity index (χ3n) is 7.82. The van der Waals surface area contributed by atoms with Crippen molar-refractivity contribution < 1.29 is 45.5 Å². The van der Waals surface area contributed by atoms with Gasteiger partial charge in [-0.05, 0) is 101 Å². The van der Waals surface area contributed by atoms with Crippen molar-refractivity contribution in [2.75, 3.05) is 0 Å². The minimum Gasteiger partial charge on any atom is -0.456 e. The van der Waals surface area contributed by atoms with Crippen LogP contribution in [0.2, 0.25) is 0 Å². The van der Waals surface area contributed by atoms with Crippen molar-refractivity contribution in [3.8, 4) is 44.5 Å². The van der Waals surface area contributed by atoms with Gasteiger partial charge in [0, 0.05) is 10.8 Å². The molecule has 0 aliphatic rings. The van der Waals surface area contributed by atoms with Crippen LogP contribution in [0, 0.1) is 0 Å². The highest BCUT2D eigenvalue weighted by Gasteiger charge is 2.18. The molecule has 0 amide bonds. The SMILES string of the molecule is [2H]c1c([2H])c([2H])c(-c2c([2H])c([2H])c3c(oc4c([2H])c([2H])c(-c5c6c([2H])c([2H])c([2H])c([2H])c6c(-c6c([2H])c([2H])c(-c7c([2H])c([2H])c([2H])c8c([2H])c([2H])c([2H])c([2H])c78)c([2H])c6[2H])c6c([2H])c([2H])c([2H])c([2H])c56)c([2H])c43)c2[2H])c([2H])c1[2H]. The second-order valence-corrected chi connectivity index (χ2v) is 10.5. The van der Waals surface area contributed by atoms with Gasteiger partial charge in [-0.3, -0.25) is 0 Å². The second kappa shape index (κ2) is 11.1. The summed E-state index contributed by atoms with van der Waals surface area (Å²) >= 11 is 0. The Morgan fingerprint density at radius 1 is 0.306 bits per heavy atom. The van der Waals surface area contributed by atoms with Gasteiger partial charge in [0.05, 0.1) is 41.1 Å². The summed E-state index contributed by atoms with van der Waals surface area (Å²) in [5.41, 5.74) is -7.50. The molecule has 0 bridgehead atoms. The van der Waals surface area contributed by atoms with E-state index in [1.165, 1.54) is 0 Å². The molecular weight excluding hydrogens is 593 g/mol. The van der Waals surface area contributed by atoms with E-state index in [0.717, 1.165) is 0 Å². The molecule has 0 saturated heterocycles. The van der Waals surface area contributed by atoms with Gasteiger partial charge >= 0.3 is 0 Å². The summed E-state index contributed by atoms with van der Waals surface area (Å²) in [5.74, 6) is 0. The Morgan fingerprint density at radius 3 is 1.57 bits per heavy atom. The van der Waals surface area contributed by atoms with Gasteiger partial charge in [0.2, 0.25) is 0 Å². The highest BCUT2D eigenvalue weighted by Crippen LogP contribution is 2.45. The first-order valence-corrected chi connectivity index (χ1v) is 14.4. The molecule has 1 aromatic heterocycles. The average Bonchev–Trinajstić information content (AvgIpc) is 4.03. The molecule has 10 rings (SSSR count). The molecule has 1 heteroatoms. The van der Waals surface area contributed by atoms with E-state index >= 15 is 0 Å². The van der Waals surface area contributed by atoms with E-state index in [1.807, 2.05) is 0 Å². The Labute approximate surface area is 326 Å². The number of hydrogen-bond acceptors (Lipinski definition) is 1. The van der Waals surface area contributed by atoms with Crippen LogP contribution in [0.1, 0.15) is 41.1 Å². The topological polar surface area (TPSA) is 13.1 Å². The molecule has 49 heavy (non-hydrogen) atoms. The molecule has 1 heterocycles. The Hall–Kier alpha value is -6.44. The van der Waals surface area contributed by atoms with Gasteiger partial charge in [-0.25, -0.2) is 0 Å². The van der Waals surface area contributed by atoms with Crippen LogP contribution in [0.5, 0.6) is 0 Å². The Bertz CT molecular complexity index is 4450. The highest BCUT2D eigenvalue weighted by atomic mass is 16.3. The average molecular weight is 653 g/mol. The van der Waals surface area contributed by atoms with Crippen LogP contribution >= 0.6 is 0 Å². The van der Waals surface area contributed by atoms with Crippen LogP contribution in [-0.2, 0) is 0 Å². The monoisotopic (exact) mass is 652 g/mol. The van der Waals surface area contributed by atoms with Gasteiger partial charge in [-0.15, -0.1) is 0 Å². The third kappa shape index (κ3) is 4.47. The number of benzene rings is 9. The second-order valence-electron chi connectivity index (χ2n) is 10.5. The molecule has 1 nitrogen and oxygen atoms in total. The molecule has 0 N–H and O–H groups in total. The molecule has 10 aromatic rings. The summed E-state index contributed by atoms with van der Waals surface area (Å²) in [4.78, 5) is 0. The Kier molecular flexibility index (Phi) is 2.50. The van der Waals surface area contributed by atoms with E-state index in [1.54, 1.807) is 0 Å². The van der Waals surface area contributed by atoms with Crippen molar-refractivity contribution in [3.05, 3.63) is 181 Å². The van der Waals surface area contributed by atoms with Crippen LogP contribution in [-0.4, -0.2) is 0 Å². The minimum atomic E-state index is -1.12. The van der Waals surface area contributed by atoms with Crippen LogP contribution in [0.3, 0.4) is 0 Å². The van der Waals surface area contributed by atoms with Crippen molar-refractivity contribution in [2.24, 2.45) is 0 Å². The van der Waals surface area contributed by atoms with Crippen molar-refractivity contribution in [1.82, 2.24) is 0 Å². The smallest absolute Gasteiger partial charge is 0.136 e. The molecule has 0 aliphatic carbocycles. The van der Waals surface area contributed by atoms with E-state index in [2.05, 4.69) is 0 Å². The third-order valence-corrected chi connectivity index (χ3v) is 7.82. The number of fused-ring (bicyclic) bond motifs is 6. The Morgan fingerprint density at radius 2 is 0.857 bits per heavy atom. The van der Waals surface area contributed by atoms with Gasteiger partial charge in [0.15, 0.2) is 0 Å². The molecule has 0 saturated carbocycles. The fraction of sp³-hybridized carbons (Fsp3) is 0. The van der Waals surface area contributed by atoms with Crippen LogP contribution < -0.4 is 0 Å². The maximum absolute atomic E-state index is 9.83. The maximum Gasteiger partial charge on any atom is 0.136 e. The van der Waals surface area contributed by atoms with Gasteiger partial charge in [0.1, 0.15) is 11.2 Å². The molecule has 0 radical (unpaired) electrons. The summed E-state index contributed by atoms with van der Waals surface area (Å²) in [6.45, 7) is 0. The van der Waals surface area contributed by atoms with Crippen LogP contribution in [0.15, 0.2) is 186 Å². The fourth-order valence-corrected chi connectivity index (χ4v) is 5.70. The molecule has 9 aromatic carbocycles. The quantitative estimate of drug-likeness (QED) is 0.172. The van der Waals surface area contributed by atoms with E-state index in [-0.39, 0.29) is 0 Å². The van der Waals surface area contributed by atoms with E-state index in [9.17, 15) is 17.8 Å². The predicted octanol–water partition coefficient (Wildman–Crippen LogP) is 13.7. The van der Waals surface area contributed by atoms with E-state index in [4.69, 9.17) is 27.7 Å². The van der Waals surface area contributed by atoms with E-state index in [0.29, 0.717) is 0 Å². The van der Waals surface area contributed by atoms with Crippen LogP contribution in [0.4, 0.5) is 0 Å². The summed E-state index contributed by atoms with van der Waals surface area (Å²) in [6.07, 6.45) is 0. The molecule has 0 spiro atoms.